The molecule has 0 spiro atoms. The van der Waals surface area contributed by atoms with Crippen LogP contribution >= 0.6 is 0 Å². The Morgan fingerprint density at radius 1 is 1.50 bits per heavy atom. The SMILES string of the molecule is CCC1CCCN(C(=O)C(F)(F)F)C1. The lowest BCUT2D eigenvalue weighted by atomic mass is 9.95. The van der Waals surface area contributed by atoms with Crippen LogP contribution < -0.4 is 0 Å². The van der Waals surface area contributed by atoms with Crippen molar-refractivity contribution < 1.29 is 18.0 Å². The number of halogens is 3. The van der Waals surface area contributed by atoms with Crippen LogP contribution in [0.4, 0.5) is 13.2 Å². The Morgan fingerprint density at radius 2 is 2.14 bits per heavy atom. The molecule has 0 aromatic rings. The largest absolute Gasteiger partial charge is 0.471 e. The fourth-order valence-corrected chi connectivity index (χ4v) is 1.76. The highest BCUT2D eigenvalue weighted by molar-refractivity contribution is 5.81. The van der Waals surface area contributed by atoms with Gasteiger partial charge in [0.05, 0.1) is 0 Å². The maximum Gasteiger partial charge on any atom is 0.471 e. The minimum absolute atomic E-state index is 0.232. The lowest BCUT2D eigenvalue weighted by molar-refractivity contribution is -0.187. The predicted molar refractivity (Wildman–Crippen MR) is 45.7 cm³/mol. The quantitative estimate of drug-likeness (QED) is 0.648. The number of rotatable bonds is 1. The van der Waals surface area contributed by atoms with Crippen molar-refractivity contribution in [3.05, 3.63) is 0 Å². The van der Waals surface area contributed by atoms with Gasteiger partial charge in [0.2, 0.25) is 0 Å². The second kappa shape index (κ2) is 4.19. The molecule has 0 radical (unpaired) electrons. The van der Waals surface area contributed by atoms with Crippen molar-refractivity contribution in [2.45, 2.75) is 32.4 Å². The average Bonchev–Trinajstić information content (AvgIpc) is 2.15. The van der Waals surface area contributed by atoms with Gasteiger partial charge in [-0.3, -0.25) is 4.79 Å². The summed E-state index contributed by atoms with van der Waals surface area (Å²) in [4.78, 5) is 11.8. The average molecular weight is 209 g/mol. The molecule has 0 saturated carbocycles. The first-order valence-electron chi connectivity index (χ1n) is 4.81. The van der Waals surface area contributed by atoms with Crippen molar-refractivity contribution >= 4 is 5.91 Å². The van der Waals surface area contributed by atoms with Gasteiger partial charge in [0.1, 0.15) is 0 Å². The molecule has 0 aromatic carbocycles. The molecular weight excluding hydrogens is 195 g/mol. The molecule has 5 heteroatoms. The molecule has 1 aliphatic rings. The molecule has 1 aliphatic heterocycles. The Labute approximate surface area is 81.1 Å². The molecule has 1 rings (SSSR count). The molecule has 14 heavy (non-hydrogen) atoms. The highest BCUT2D eigenvalue weighted by atomic mass is 19.4. The zero-order valence-corrected chi connectivity index (χ0v) is 8.10. The van der Waals surface area contributed by atoms with Crippen LogP contribution in [0, 0.1) is 5.92 Å². The smallest absolute Gasteiger partial charge is 0.335 e. The molecule has 1 fully saturated rings. The molecule has 1 saturated heterocycles. The summed E-state index contributed by atoms with van der Waals surface area (Å²) in [5.74, 6) is -1.45. The van der Waals surface area contributed by atoms with Gasteiger partial charge in [0.25, 0.3) is 0 Å². The number of carbonyl (C=O) groups excluding carboxylic acids is 1. The summed E-state index contributed by atoms with van der Waals surface area (Å²) in [7, 11) is 0. The van der Waals surface area contributed by atoms with Gasteiger partial charge < -0.3 is 4.90 Å². The lowest BCUT2D eigenvalue weighted by Crippen LogP contribution is -2.46. The predicted octanol–water partition coefficient (Wildman–Crippen LogP) is 2.20. The van der Waals surface area contributed by atoms with Crippen molar-refractivity contribution in [2.75, 3.05) is 13.1 Å². The van der Waals surface area contributed by atoms with E-state index in [1.165, 1.54) is 0 Å². The van der Waals surface area contributed by atoms with E-state index in [1.54, 1.807) is 0 Å². The number of amides is 1. The first kappa shape index (κ1) is 11.3. The van der Waals surface area contributed by atoms with Crippen molar-refractivity contribution in [1.82, 2.24) is 4.90 Å². The van der Waals surface area contributed by atoms with E-state index >= 15 is 0 Å². The fraction of sp³-hybridized carbons (Fsp3) is 0.889. The number of hydrogen-bond donors (Lipinski definition) is 0. The topological polar surface area (TPSA) is 20.3 Å². The summed E-state index contributed by atoms with van der Waals surface area (Å²) in [6.45, 7) is 2.44. The van der Waals surface area contributed by atoms with Crippen LogP contribution in [0.5, 0.6) is 0 Å². The minimum atomic E-state index is -4.71. The van der Waals surface area contributed by atoms with Gasteiger partial charge in [-0.05, 0) is 18.8 Å². The Kier molecular flexibility index (Phi) is 3.39. The van der Waals surface area contributed by atoms with Crippen molar-refractivity contribution in [3.8, 4) is 0 Å². The molecule has 82 valence electrons. The number of nitrogens with zero attached hydrogens (tertiary/aromatic N) is 1. The molecule has 1 heterocycles. The highest BCUT2D eigenvalue weighted by Gasteiger charge is 2.43. The van der Waals surface area contributed by atoms with E-state index < -0.39 is 12.1 Å². The Morgan fingerprint density at radius 3 is 2.64 bits per heavy atom. The molecule has 1 atom stereocenters. The Balaban J connectivity index is 2.56. The molecular formula is C9H14F3NO. The monoisotopic (exact) mass is 209 g/mol. The second-order valence-electron chi connectivity index (χ2n) is 3.67. The highest BCUT2D eigenvalue weighted by Crippen LogP contribution is 2.24. The van der Waals surface area contributed by atoms with Crippen LogP contribution in [0.25, 0.3) is 0 Å². The van der Waals surface area contributed by atoms with E-state index in [-0.39, 0.29) is 19.0 Å². The van der Waals surface area contributed by atoms with Gasteiger partial charge in [0, 0.05) is 13.1 Å². The molecule has 2 nitrogen and oxygen atoms in total. The Hall–Kier alpha value is -0.740. The third-order valence-electron chi connectivity index (χ3n) is 2.63. The Bertz CT molecular complexity index is 215. The van der Waals surface area contributed by atoms with Crippen LogP contribution in [0.1, 0.15) is 26.2 Å². The molecule has 0 bridgehead atoms. The third kappa shape index (κ3) is 2.62. The maximum absolute atomic E-state index is 12.1. The van der Waals surface area contributed by atoms with Gasteiger partial charge in [-0.1, -0.05) is 13.3 Å². The maximum atomic E-state index is 12.1. The first-order valence-corrected chi connectivity index (χ1v) is 4.81. The second-order valence-corrected chi connectivity index (χ2v) is 3.67. The number of likely N-dealkylation sites (tertiary alicyclic amines) is 1. The van der Waals surface area contributed by atoms with Crippen LogP contribution in [-0.4, -0.2) is 30.1 Å². The molecule has 0 N–H and O–H groups in total. The zero-order chi connectivity index (χ0) is 10.8. The zero-order valence-electron chi connectivity index (χ0n) is 8.10. The third-order valence-corrected chi connectivity index (χ3v) is 2.63. The summed E-state index contributed by atoms with van der Waals surface area (Å²) >= 11 is 0. The van der Waals surface area contributed by atoms with E-state index in [1.807, 2.05) is 6.92 Å². The van der Waals surface area contributed by atoms with Crippen molar-refractivity contribution in [2.24, 2.45) is 5.92 Å². The molecule has 1 unspecified atom stereocenters. The fourth-order valence-electron chi connectivity index (χ4n) is 1.76. The molecule has 0 aromatic heterocycles. The summed E-state index contributed by atoms with van der Waals surface area (Å²) in [5.41, 5.74) is 0. The van der Waals surface area contributed by atoms with Crippen LogP contribution in [-0.2, 0) is 4.79 Å². The number of piperidine rings is 1. The van der Waals surface area contributed by atoms with E-state index in [4.69, 9.17) is 0 Å². The lowest BCUT2D eigenvalue weighted by Gasteiger charge is -2.32. The number of carbonyl (C=O) groups is 1. The van der Waals surface area contributed by atoms with Crippen LogP contribution in [0.15, 0.2) is 0 Å². The van der Waals surface area contributed by atoms with Gasteiger partial charge in [-0.15, -0.1) is 0 Å². The van der Waals surface area contributed by atoms with Crippen molar-refractivity contribution in [1.29, 1.82) is 0 Å². The first-order chi connectivity index (χ1) is 6.45. The molecule has 1 amide bonds. The van der Waals surface area contributed by atoms with Crippen LogP contribution in [0.2, 0.25) is 0 Å². The van der Waals surface area contributed by atoms with Crippen molar-refractivity contribution in [3.63, 3.8) is 0 Å². The van der Waals surface area contributed by atoms with E-state index in [2.05, 4.69) is 0 Å². The summed E-state index contributed by atoms with van der Waals surface area (Å²) in [5, 5.41) is 0. The van der Waals surface area contributed by atoms with E-state index in [9.17, 15) is 18.0 Å². The normalized spacial score (nSPS) is 23.7. The van der Waals surface area contributed by atoms with Gasteiger partial charge in [-0.2, -0.15) is 13.2 Å². The summed E-state index contributed by atoms with van der Waals surface area (Å²) in [6.07, 6.45) is -2.27. The number of alkyl halides is 3. The minimum Gasteiger partial charge on any atom is -0.335 e. The summed E-state index contributed by atoms with van der Waals surface area (Å²) < 4.78 is 36.2. The van der Waals surface area contributed by atoms with Gasteiger partial charge in [-0.25, -0.2) is 0 Å². The number of hydrogen-bond acceptors (Lipinski definition) is 1. The summed E-state index contributed by atoms with van der Waals surface area (Å²) in [6, 6.07) is 0. The van der Waals surface area contributed by atoms with Gasteiger partial charge in [0.15, 0.2) is 0 Å². The van der Waals surface area contributed by atoms with Crippen LogP contribution in [0.3, 0.4) is 0 Å². The van der Waals surface area contributed by atoms with Gasteiger partial charge >= 0.3 is 12.1 Å². The standard InChI is InChI=1S/C9H14F3NO/c1-2-7-4-3-5-13(6-7)8(14)9(10,11)12/h7H,2-6H2,1H3. The van der Waals surface area contributed by atoms with E-state index in [0.717, 1.165) is 17.7 Å². The van der Waals surface area contributed by atoms with E-state index in [0.29, 0.717) is 6.42 Å². The molecule has 0 aliphatic carbocycles.